The van der Waals surface area contributed by atoms with Gasteiger partial charge in [-0.1, -0.05) is 18.2 Å². The molecule has 0 bridgehead atoms. The van der Waals surface area contributed by atoms with Crippen LogP contribution in [0.15, 0.2) is 53.4 Å². The Morgan fingerprint density at radius 3 is 2.38 bits per heavy atom. The van der Waals surface area contributed by atoms with Gasteiger partial charge in [-0.2, -0.15) is 5.26 Å². The minimum absolute atomic E-state index is 0.00718. The maximum absolute atomic E-state index is 12.2. The summed E-state index contributed by atoms with van der Waals surface area (Å²) in [5.74, 6) is 0.00718. The fourth-order valence-corrected chi connectivity index (χ4v) is 3.10. The number of benzene rings is 2. The average Bonchev–Trinajstić information content (AvgIpc) is 2.49. The zero-order chi connectivity index (χ0) is 15.3. The number of aryl methyl sites for hydroxylation is 1. The van der Waals surface area contributed by atoms with E-state index in [1.54, 1.807) is 0 Å². The lowest BCUT2D eigenvalue weighted by atomic mass is 10.2. The van der Waals surface area contributed by atoms with Gasteiger partial charge in [0.2, 0.25) is 0 Å². The number of nitrogens with zero attached hydrogens (tertiary/aromatic N) is 1. The van der Waals surface area contributed by atoms with Gasteiger partial charge in [-0.25, -0.2) is 8.42 Å². The van der Waals surface area contributed by atoms with Crippen LogP contribution < -0.4 is 5.32 Å². The number of nitrogens with one attached hydrogen (secondary N) is 1. The number of para-hydroxylation sites is 1. The van der Waals surface area contributed by atoms with Crippen molar-refractivity contribution < 1.29 is 8.42 Å². The predicted molar refractivity (Wildman–Crippen MR) is 82.9 cm³/mol. The van der Waals surface area contributed by atoms with E-state index in [0.717, 1.165) is 11.3 Å². The van der Waals surface area contributed by atoms with Crippen LogP contribution in [0, 0.1) is 18.3 Å². The van der Waals surface area contributed by atoms with Crippen molar-refractivity contribution >= 4 is 15.5 Å². The summed E-state index contributed by atoms with van der Waals surface area (Å²) in [4.78, 5) is 0.244. The fraction of sp³-hybridized carbons (Fsp3) is 0.188. The van der Waals surface area contributed by atoms with E-state index < -0.39 is 9.84 Å². The third kappa shape index (κ3) is 3.83. The molecule has 0 aliphatic rings. The summed E-state index contributed by atoms with van der Waals surface area (Å²) in [7, 11) is -3.34. The Hall–Kier alpha value is -2.32. The Morgan fingerprint density at radius 1 is 1.10 bits per heavy atom. The maximum atomic E-state index is 12.2. The van der Waals surface area contributed by atoms with Crippen molar-refractivity contribution in [1.29, 1.82) is 5.26 Å². The maximum Gasteiger partial charge on any atom is 0.180 e. The van der Waals surface area contributed by atoms with Gasteiger partial charge in [-0.15, -0.1) is 0 Å². The van der Waals surface area contributed by atoms with Gasteiger partial charge in [0.1, 0.15) is 0 Å². The van der Waals surface area contributed by atoms with Gasteiger partial charge >= 0.3 is 0 Å². The highest BCUT2D eigenvalue weighted by Gasteiger charge is 2.13. The third-order valence-corrected chi connectivity index (χ3v) is 4.91. The van der Waals surface area contributed by atoms with Crippen molar-refractivity contribution in [2.45, 2.75) is 11.8 Å². The molecule has 5 heteroatoms. The number of rotatable bonds is 5. The van der Waals surface area contributed by atoms with E-state index in [2.05, 4.69) is 5.32 Å². The molecule has 0 aliphatic carbocycles. The molecule has 4 nitrogen and oxygen atoms in total. The zero-order valence-electron chi connectivity index (χ0n) is 11.7. The molecule has 0 atom stereocenters. The molecule has 2 aromatic rings. The van der Waals surface area contributed by atoms with Gasteiger partial charge in [-0.05, 0) is 42.8 Å². The lowest BCUT2D eigenvalue weighted by molar-refractivity contribution is 0.596. The monoisotopic (exact) mass is 300 g/mol. The molecule has 21 heavy (non-hydrogen) atoms. The highest BCUT2D eigenvalue weighted by atomic mass is 32.2. The van der Waals surface area contributed by atoms with Crippen LogP contribution in [0.5, 0.6) is 0 Å². The molecule has 0 aliphatic heterocycles. The summed E-state index contributed by atoms with van der Waals surface area (Å²) in [6.07, 6.45) is 0. The van der Waals surface area contributed by atoms with Crippen LogP contribution in [0.3, 0.4) is 0 Å². The minimum atomic E-state index is -3.34. The van der Waals surface area contributed by atoms with Crippen LogP contribution in [-0.4, -0.2) is 20.7 Å². The molecule has 108 valence electrons. The second-order valence-electron chi connectivity index (χ2n) is 4.70. The van der Waals surface area contributed by atoms with E-state index in [1.807, 2.05) is 37.3 Å². The minimum Gasteiger partial charge on any atom is -0.384 e. The van der Waals surface area contributed by atoms with Crippen molar-refractivity contribution in [3.8, 4) is 6.07 Å². The fourth-order valence-electron chi connectivity index (χ4n) is 1.95. The summed E-state index contributed by atoms with van der Waals surface area (Å²) in [5, 5.41) is 11.8. The highest BCUT2D eigenvalue weighted by Crippen LogP contribution is 2.15. The van der Waals surface area contributed by atoms with Gasteiger partial charge < -0.3 is 5.32 Å². The topological polar surface area (TPSA) is 70.0 Å². The Balaban J connectivity index is 2.01. The van der Waals surface area contributed by atoms with E-state index in [4.69, 9.17) is 5.26 Å². The lowest BCUT2D eigenvalue weighted by Crippen LogP contribution is -2.16. The molecule has 0 amide bonds. The van der Waals surface area contributed by atoms with Crippen LogP contribution in [0.2, 0.25) is 0 Å². The van der Waals surface area contributed by atoms with Gasteiger partial charge in [-0.3, -0.25) is 0 Å². The summed E-state index contributed by atoms with van der Waals surface area (Å²) in [6, 6.07) is 15.7. The molecular formula is C16H16N2O2S. The largest absolute Gasteiger partial charge is 0.384 e. The summed E-state index contributed by atoms with van der Waals surface area (Å²) in [5.41, 5.74) is 2.47. The van der Waals surface area contributed by atoms with Gasteiger partial charge in [0.15, 0.2) is 9.84 Å². The van der Waals surface area contributed by atoms with Crippen molar-refractivity contribution in [2.75, 3.05) is 17.6 Å². The number of anilines is 1. The van der Waals surface area contributed by atoms with E-state index in [0.29, 0.717) is 12.1 Å². The average molecular weight is 300 g/mol. The summed E-state index contributed by atoms with van der Waals surface area (Å²) >= 11 is 0. The smallest absolute Gasteiger partial charge is 0.180 e. The molecule has 0 saturated carbocycles. The Labute approximate surface area is 125 Å². The molecule has 0 aromatic heterocycles. The van der Waals surface area contributed by atoms with E-state index in [9.17, 15) is 8.42 Å². The van der Waals surface area contributed by atoms with Crippen LogP contribution in [-0.2, 0) is 9.84 Å². The van der Waals surface area contributed by atoms with Crippen LogP contribution in [0.1, 0.15) is 11.1 Å². The van der Waals surface area contributed by atoms with E-state index in [1.165, 1.54) is 24.3 Å². The third-order valence-electron chi connectivity index (χ3n) is 3.17. The van der Waals surface area contributed by atoms with Crippen molar-refractivity contribution in [2.24, 2.45) is 0 Å². The first-order valence-electron chi connectivity index (χ1n) is 6.55. The molecule has 2 rings (SSSR count). The Morgan fingerprint density at radius 2 is 1.76 bits per heavy atom. The first-order chi connectivity index (χ1) is 10.0. The molecule has 1 N–H and O–H groups in total. The molecule has 0 radical (unpaired) electrons. The van der Waals surface area contributed by atoms with Crippen LogP contribution in [0.25, 0.3) is 0 Å². The Kier molecular flexibility index (Phi) is 4.61. The second-order valence-corrected chi connectivity index (χ2v) is 6.81. The summed E-state index contributed by atoms with van der Waals surface area (Å²) < 4.78 is 24.4. The van der Waals surface area contributed by atoms with E-state index in [-0.39, 0.29) is 10.6 Å². The second kappa shape index (κ2) is 6.42. The van der Waals surface area contributed by atoms with Gasteiger partial charge in [0.25, 0.3) is 0 Å². The molecule has 0 saturated heterocycles. The Bertz CT molecular complexity index is 760. The van der Waals surface area contributed by atoms with Crippen molar-refractivity contribution in [3.05, 3.63) is 59.7 Å². The normalized spacial score (nSPS) is 10.9. The lowest BCUT2D eigenvalue weighted by Gasteiger charge is -2.09. The quantitative estimate of drug-likeness (QED) is 0.921. The molecule has 0 spiro atoms. The van der Waals surface area contributed by atoms with Crippen LogP contribution >= 0.6 is 0 Å². The number of hydrogen-bond donors (Lipinski definition) is 1. The molecule has 0 fully saturated rings. The first kappa shape index (κ1) is 15.1. The van der Waals surface area contributed by atoms with E-state index >= 15 is 0 Å². The van der Waals surface area contributed by atoms with Crippen LogP contribution in [0.4, 0.5) is 5.69 Å². The first-order valence-corrected chi connectivity index (χ1v) is 8.20. The SMILES string of the molecule is Cc1ccccc1NCCS(=O)(=O)c1ccc(C#N)cc1. The number of hydrogen-bond acceptors (Lipinski definition) is 4. The molecule has 0 heterocycles. The number of nitriles is 1. The van der Waals surface area contributed by atoms with Crippen molar-refractivity contribution in [1.82, 2.24) is 0 Å². The number of sulfone groups is 1. The van der Waals surface area contributed by atoms with Crippen molar-refractivity contribution in [3.63, 3.8) is 0 Å². The molecular weight excluding hydrogens is 284 g/mol. The highest BCUT2D eigenvalue weighted by molar-refractivity contribution is 7.91. The van der Waals surface area contributed by atoms with Gasteiger partial charge in [0, 0.05) is 12.2 Å². The molecule has 2 aromatic carbocycles. The standard InChI is InChI=1S/C16H16N2O2S/c1-13-4-2-3-5-16(13)18-10-11-21(19,20)15-8-6-14(12-17)7-9-15/h2-9,18H,10-11H2,1H3. The molecule has 0 unspecified atom stereocenters. The van der Waals surface area contributed by atoms with Gasteiger partial charge in [0.05, 0.1) is 22.3 Å². The zero-order valence-corrected chi connectivity index (χ0v) is 12.5. The summed E-state index contributed by atoms with van der Waals surface area (Å²) in [6.45, 7) is 2.31. The predicted octanol–water partition coefficient (Wildman–Crippen LogP) is 2.75.